The molecule has 0 aromatic heterocycles. The highest BCUT2D eigenvalue weighted by atomic mass is 16.6. The lowest BCUT2D eigenvalue weighted by Crippen LogP contribution is -2.21. The molecular weight excluding hydrogens is 350 g/mol. The van der Waals surface area contributed by atoms with Gasteiger partial charge in [0.25, 0.3) is 11.6 Å². The van der Waals surface area contributed by atoms with Crippen molar-refractivity contribution in [2.75, 3.05) is 17.7 Å². The first-order valence-electron chi connectivity index (χ1n) is 7.94. The first-order chi connectivity index (χ1) is 12.9. The monoisotopic (exact) mass is 365 g/mol. The molecule has 0 bridgehead atoms. The minimum Gasteiger partial charge on any atom is -0.452 e. The fourth-order valence-electron chi connectivity index (χ4n) is 2.51. The number of nitrogens with one attached hydrogen (secondary N) is 1. The van der Waals surface area contributed by atoms with E-state index in [1.165, 1.54) is 12.1 Å². The number of hydrogen-bond acceptors (Lipinski definition) is 6. The van der Waals surface area contributed by atoms with Crippen LogP contribution in [0.4, 0.5) is 17.1 Å². The van der Waals surface area contributed by atoms with E-state index in [0.29, 0.717) is 5.69 Å². The number of nitrogens with two attached hydrogens (primary N) is 1. The Morgan fingerprint density at radius 2 is 1.78 bits per heavy atom. The lowest BCUT2D eigenvalue weighted by molar-refractivity contribution is -0.384. The fourth-order valence-corrected chi connectivity index (χ4v) is 2.51. The number of anilines is 2. The molecule has 8 nitrogen and oxygen atoms in total. The van der Waals surface area contributed by atoms with Crippen molar-refractivity contribution in [3.05, 3.63) is 76.3 Å². The number of nitrogen functional groups attached to an aromatic ring is 1. The summed E-state index contributed by atoms with van der Waals surface area (Å²) in [5, 5.41) is 15.4. The predicted molar refractivity (Wildman–Crippen MR) is 100 cm³/mol. The third-order valence-electron chi connectivity index (χ3n) is 3.84. The third-order valence-corrected chi connectivity index (χ3v) is 3.84. The molecule has 0 unspecified atom stereocenters. The number of amides is 1. The maximum Gasteiger partial charge on any atom is 0.341 e. The van der Waals surface area contributed by atoms with E-state index in [4.69, 9.17) is 10.5 Å². The number of esters is 1. The molecule has 0 fully saturated rings. The van der Waals surface area contributed by atoms with E-state index in [9.17, 15) is 19.7 Å². The molecule has 27 heavy (non-hydrogen) atoms. The van der Waals surface area contributed by atoms with Gasteiger partial charge >= 0.3 is 5.97 Å². The highest BCUT2D eigenvalue weighted by Gasteiger charge is 2.17. The molecule has 8 heteroatoms. The Balaban J connectivity index is 1.63. The lowest BCUT2D eigenvalue weighted by Gasteiger charge is -2.09. The van der Waals surface area contributed by atoms with Crippen LogP contribution in [-0.2, 0) is 9.53 Å². The Kier molecular flexibility index (Phi) is 4.98. The molecule has 0 saturated heterocycles. The van der Waals surface area contributed by atoms with Crippen molar-refractivity contribution >= 4 is 39.7 Å². The van der Waals surface area contributed by atoms with Crippen LogP contribution in [0.3, 0.4) is 0 Å². The number of fused-ring (bicyclic) bond motifs is 1. The zero-order valence-electron chi connectivity index (χ0n) is 14.0. The van der Waals surface area contributed by atoms with Gasteiger partial charge in [0.2, 0.25) is 0 Å². The predicted octanol–water partition coefficient (Wildman–Crippen LogP) is 3.13. The molecule has 3 aromatic carbocycles. The van der Waals surface area contributed by atoms with Gasteiger partial charge in [-0.2, -0.15) is 0 Å². The maximum atomic E-state index is 12.1. The van der Waals surface area contributed by atoms with Crippen LogP contribution in [0.5, 0.6) is 0 Å². The van der Waals surface area contributed by atoms with Crippen molar-refractivity contribution in [1.82, 2.24) is 0 Å². The molecule has 3 N–H and O–H groups in total. The maximum absolute atomic E-state index is 12.1. The van der Waals surface area contributed by atoms with Crippen LogP contribution in [0.15, 0.2) is 60.7 Å². The summed E-state index contributed by atoms with van der Waals surface area (Å²) in [4.78, 5) is 34.2. The Bertz CT molecular complexity index is 1050. The van der Waals surface area contributed by atoms with Crippen molar-refractivity contribution in [3.8, 4) is 0 Å². The second-order valence-electron chi connectivity index (χ2n) is 5.71. The number of carbonyl (C=O) groups is 2. The zero-order valence-corrected chi connectivity index (χ0v) is 14.0. The smallest absolute Gasteiger partial charge is 0.341 e. The minimum absolute atomic E-state index is 0.0283. The Morgan fingerprint density at radius 1 is 1.04 bits per heavy atom. The van der Waals surface area contributed by atoms with Crippen LogP contribution in [0.1, 0.15) is 10.4 Å². The van der Waals surface area contributed by atoms with Gasteiger partial charge in [0.05, 0.1) is 10.5 Å². The van der Waals surface area contributed by atoms with Crippen molar-refractivity contribution in [2.45, 2.75) is 0 Å². The van der Waals surface area contributed by atoms with Gasteiger partial charge in [-0.05, 0) is 29.0 Å². The number of rotatable bonds is 5. The number of ether oxygens (including phenoxy) is 1. The first-order valence-corrected chi connectivity index (χ1v) is 7.94. The number of non-ortho nitro benzene ring substituents is 1. The molecule has 1 amide bonds. The van der Waals surface area contributed by atoms with Crippen molar-refractivity contribution < 1.29 is 19.2 Å². The van der Waals surface area contributed by atoms with Crippen molar-refractivity contribution in [1.29, 1.82) is 0 Å². The van der Waals surface area contributed by atoms with Crippen LogP contribution >= 0.6 is 0 Å². The van der Waals surface area contributed by atoms with Crippen LogP contribution in [-0.4, -0.2) is 23.4 Å². The Morgan fingerprint density at radius 3 is 2.52 bits per heavy atom. The summed E-state index contributed by atoms with van der Waals surface area (Å²) in [6.07, 6.45) is 0. The molecule has 0 atom stereocenters. The number of nitro groups is 1. The molecule has 0 aliphatic heterocycles. The third kappa shape index (κ3) is 4.18. The van der Waals surface area contributed by atoms with Crippen LogP contribution < -0.4 is 11.1 Å². The van der Waals surface area contributed by atoms with Gasteiger partial charge in [0.15, 0.2) is 6.61 Å². The summed E-state index contributed by atoms with van der Waals surface area (Å²) in [5.74, 6) is -1.45. The molecule has 0 saturated carbocycles. The normalized spacial score (nSPS) is 10.4. The van der Waals surface area contributed by atoms with Gasteiger partial charge in [0.1, 0.15) is 0 Å². The van der Waals surface area contributed by atoms with Gasteiger partial charge in [-0.15, -0.1) is 0 Å². The quantitative estimate of drug-likeness (QED) is 0.310. The number of carbonyl (C=O) groups excluding carboxylic acids is 2. The Labute approximate surface area is 153 Å². The second kappa shape index (κ2) is 7.52. The number of nitrogens with zero attached hydrogens (tertiary/aromatic N) is 1. The van der Waals surface area contributed by atoms with E-state index in [-0.39, 0.29) is 16.9 Å². The first kappa shape index (κ1) is 17.9. The average Bonchev–Trinajstić information content (AvgIpc) is 2.66. The SMILES string of the molecule is Nc1ccc([N+](=O)[O-])cc1C(=O)OCC(=O)Nc1ccc2ccccc2c1. The molecule has 0 spiro atoms. The average molecular weight is 365 g/mol. The standard InChI is InChI=1S/C19H15N3O5/c20-17-8-7-15(22(25)26)10-16(17)19(24)27-11-18(23)21-14-6-5-12-3-1-2-4-13(12)9-14/h1-10H,11,20H2,(H,21,23). The molecule has 3 rings (SSSR count). The molecule has 0 radical (unpaired) electrons. The van der Waals surface area contributed by atoms with E-state index < -0.39 is 23.4 Å². The van der Waals surface area contributed by atoms with Gasteiger partial charge in [-0.3, -0.25) is 14.9 Å². The minimum atomic E-state index is -0.912. The molecule has 0 heterocycles. The van der Waals surface area contributed by atoms with Gasteiger partial charge in [-0.1, -0.05) is 30.3 Å². The largest absolute Gasteiger partial charge is 0.452 e. The Hall–Kier alpha value is -3.94. The molecular formula is C19H15N3O5. The summed E-state index contributed by atoms with van der Waals surface area (Å²) in [6.45, 7) is -0.548. The van der Waals surface area contributed by atoms with Gasteiger partial charge < -0.3 is 15.8 Å². The number of benzene rings is 3. The van der Waals surface area contributed by atoms with E-state index in [0.717, 1.165) is 16.8 Å². The molecule has 3 aromatic rings. The number of hydrogen-bond donors (Lipinski definition) is 2. The number of nitro benzene ring substituents is 1. The summed E-state index contributed by atoms with van der Waals surface area (Å²) in [6, 6.07) is 16.5. The van der Waals surface area contributed by atoms with Crippen LogP contribution in [0.2, 0.25) is 0 Å². The van der Waals surface area contributed by atoms with Crippen LogP contribution in [0.25, 0.3) is 10.8 Å². The molecule has 0 aliphatic carbocycles. The lowest BCUT2D eigenvalue weighted by atomic mass is 10.1. The van der Waals surface area contributed by atoms with Gasteiger partial charge in [0, 0.05) is 23.5 Å². The topological polar surface area (TPSA) is 125 Å². The van der Waals surface area contributed by atoms with Crippen molar-refractivity contribution in [2.24, 2.45) is 0 Å². The summed E-state index contributed by atoms with van der Waals surface area (Å²) in [7, 11) is 0. The fraction of sp³-hybridized carbons (Fsp3) is 0.0526. The molecule has 0 aliphatic rings. The van der Waals surface area contributed by atoms with Crippen molar-refractivity contribution in [3.63, 3.8) is 0 Å². The van der Waals surface area contributed by atoms with E-state index >= 15 is 0 Å². The van der Waals surface area contributed by atoms with Gasteiger partial charge in [-0.25, -0.2) is 4.79 Å². The molecule has 136 valence electrons. The highest BCUT2D eigenvalue weighted by molar-refractivity contribution is 5.99. The summed E-state index contributed by atoms with van der Waals surface area (Å²) in [5.41, 5.74) is 5.78. The second-order valence-corrected chi connectivity index (χ2v) is 5.71. The summed E-state index contributed by atoms with van der Waals surface area (Å²) >= 11 is 0. The zero-order chi connectivity index (χ0) is 19.4. The van der Waals surface area contributed by atoms with Crippen LogP contribution in [0, 0.1) is 10.1 Å². The summed E-state index contributed by atoms with van der Waals surface area (Å²) < 4.78 is 4.91. The van der Waals surface area contributed by atoms with E-state index in [1.807, 2.05) is 30.3 Å². The van der Waals surface area contributed by atoms with E-state index in [1.54, 1.807) is 12.1 Å². The van der Waals surface area contributed by atoms with E-state index in [2.05, 4.69) is 5.32 Å². The highest BCUT2D eigenvalue weighted by Crippen LogP contribution is 2.21.